The Labute approximate surface area is 125 Å². The average molecular weight is 346 g/mol. The van der Waals surface area contributed by atoms with Gasteiger partial charge in [-0.15, -0.1) is 0 Å². The van der Waals surface area contributed by atoms with Crippen LogP contribution in [-0.2, 0) is 15.1 Å². The molecule has 0 bridgehead atoms. The molecule has 1 aromatic carbocycles. The highest BCUT2D eigenvalue weighted by Crippen LogP contribution is 2.25. The van der Waals surface area contributed by atoms with Gasteiger partial charge in [-0.3, -0.25) is 0 Å². The molecule has 110 valence electrons. The first-order valence-corrected chi connectivity index (χ1v) is 6.80. The summed E-state index contributed by atoms with van der Waals surface area (Å²) in [6, 6.07) is 4.18. The quantitative estimate of drug-likeness (QED) is 0.852. The van der Waals surface area contributed by atoms with Crippen molar-refractivity contribution in [3.63, 3.8) is 0 Å². The van der Waals surface area contributed by atoms with E-state index in [1.54, 1.807) is 20.8 Å². The summed E-state index contributed by atoms with van der Waals surface area (Å²) in [4.78, 5) is 23.1. The van der Waals surface area contributed by atoms with E-state index in [9.17, 15) is 14.0 Å². The number of alkyl carbamates (subject to hydrolysis) is 1. The van der Waals surface area contributed by atoms with E-state index in [0.717, 1.165) is 0 Å². The Bertz CT molecular complexity index is 528. The van der Waals surface area contributed by atoms with E-state index in [4.69, 9.17) is 4.74 Å². The number of rotatable bonds is 3. The van der Waals surface area contributed by atoms with Crippen molar-refractivity contribution >= 4 is 28.3 Å². The third kappa shape index (κ3) is 4.30. The molecule has 0 radical (unpaired) electrons. The van der Waals surface area contributed by atoms with Crippen molar-refractivity contribution in [2.75, 3.05) is 0 Å². The summed E-state index contributed by atoms with van der Waals surface area (Å²) in [7, 11) is 0. The van der Waals surface area contributed by atoms with Gasteiger partial charge in [0.25, 0.3) is 0 Å². The fourth-order valence-corrected chi connectivity index (χ4v) is 1.93. The summed E-state index contributed by atoms with van der Waals surface area (Å²) in [6.45, 7) is 6.51. The molecule has 0 saturated carbocycles. The van der Waals surface area contributed by atoms with Crippen molar-refractivity contribution in [2.24, 2.45) is 0 Å². The Morgan fingerprint density at radius 1 is 1.35 bits per heavy atom. The molecule has 4 nitrogen and oxygen atoms in total. The SMILES string of the molecule is CC(C)(C)OC(=O)NC(C)(C=O)c1cc(Br)ccc1F. The Morgan fingerprint density at radius 3 is 2.45 bits per heavy atom. The fourth-order valence-electron chi connectivity index (χ4n) is 1.57. The molecule has 0 aliphatic carbocycles. The van der Waals surface area contributed by atoms with Gasteiger partial charge in [-0.05, 0) is 45.9 Å². The molecule has 1 rings (SSSR count). The summed E-state index contributed by atoms with van der Waals surface area (Å²) < 4.78 is 19.6. The maximum atomic E-state index is 13.9. The number of hydrogen-bond acceptors (Lipinski definition) is 3. The second kappa shape index (κ2) is 5.91. The lowest BCUT2D eigenvalue weighted by molar-refractivity contribution is -0.113. The summed E-state index contributed by atoms with van der Waals surface area (Å²) in [5.41, 5.74) is -2.15. The third-order valence-corrected chi connectivity index (χ3v) is 2.98. The van der Waals surface area contributed by atoms with Gasteiger partial charge in [-0.25, -0.2) is 9.18 Å². The van der Waals surface area contributed by atoms with E-state index in [0.29, 0.717) is 10.8 Å². The van der Waals surface area contributed by atoms with E-state index < -0.39 is 23.1 Å². The summed E-state index contributed by atoms with van der Waals surface area (Å²) in [6.07, 6.45) is -0.312. The van der Waals surface area contributed by atoms with Crippen molar-refractivity contribution in [1.82, 2.24) is 5.32 Å². The summed E-state index contributed by atoms with van der Waals surface area (Å²) >= 11 is 3.21. The highest BCUT2D eigenvalue weighted by atomic mass is 79.9. The van der Waals surface area contributed by atoms with Crippen molar-refractivity contribution in [3.8, 4) is 0 Å². The van der Waals surface area contributed by atoms with E-state index in [1.807, 2.05) is 0 Å². The number of ether oxygens (including phenoxy) is 1. The van der Waals surface area contributed by atoms with Crippen molar-refractivity contribution in [3.05, 3.63) is 34.1 Å². The molecule has 0 aliphatic rings. The van der Waals surface area contributed by atoms with E-state index in [2.05, 4.69) is 21.2 Å². The predicted molar refractivity (Wildman–Crippen MR) is 76.9 cm³/mol. The van der Waals surface area contributed by atoms with Crippen LogP contribution in [0.15, 0.2) is 22.7 Å². The lowest BCUT2D eigenvalue weighted by Crippen LogP contribution is -2.47. The second-order valence-corrected chi connectivity index (χ2v) is 6.49. The minimum atomic E-state index is -1.50. The minimum absolute atomic E-state index is 0.0627. The largest absolute Gasteiger partial charge is 0.444 e. The Hall–Kier alpha value is -1.43. The maximum Gasteiger partial charge on any atom is 0.408 e. The van der Waals surface area contributed by atoms with Gasteiger partial charge in [0.1, 0.15) is 23.2 Å². The van der Waals surface area contributed by atoms with Gasteiger partial charge in [-0.2, -0.15) is 0 Å². The highest BCUT2D eigenvalue weighted by Gasteiger charge is 2.33. The molecule has 1 unspecified atom stereocenters. The normalized spacial score (nSPS) is 14.3. The Kier molecular flexibility index (Phi) is 4.91. The standard InChI is InChI=1S/C14H17BrFNO3/c1-13(2,3)20-12(19)17-14(4,8-18)10-7-9(15)5-6-11(10)16/h5-8H,1-4H3,(H,17,19). The molecule has 1 amide bonds. The molecular weight excluding hydrogens is 329 g/mol. The molecule has 20 heavy (non-hydrogen) atoms. The van der Waals surface area contributed by atoms with Gasteiger partial charge in [0.2, 0.25) is 0 Å². The number of amides is 1. The first kappa shape index (κ1) is 16.6. The zero-order valence-electron chi connectivity index (χ0n) is 11.8. The van der Waals surface area contributed by atoms with Crippen LogP contribution in [-0.4, -0.2) is 18.0 Å². The molecule has 1 aromatic rings. The van der Waals surface area contributed by atoms with Crippen molar-refractivity contribution in [1.29, 1.82) is 0 Å². The lowest BCUT2D eigenvalue weighted by Gasteiger charge is -2.28. The van der Waals surface area contributed by atoms with Gasteiger partial charge in [0.15, 0.2) is 0 Å². The zero-order valence-corrected chi connectivity index (χ0v) is 13.4. The number of nitrogens with one attached hydrogen (secondary N) is 1. The van der Waals surface area contributed by atoms with Crippen LogP contribution in [0.25, 0.3) is 0 Å². The van der Waals surface area contributed by atoms with Crippen LogP contribution in [0.4, 0.5) is 9.18 Å². The van der Waals surface area contributed by atoms with Crippen molar-refractivity contribution < 1.29 is 18.7 Å². The number of aldehydes is 1. The van der Waals surface area contributed by atoms with Crippen molar-refractivity contribution in [2.45, 2.75) is 38.8 Å². The topological polar surface area (TPSA) is 55.4 Å². The second-order valence-electron chi connectivity index (χ2n) is 5.57. The first-order valence-electron chi connectivity index (χ1n) is 6.00. The van der Waals surface area contributed by atoms with Crippen LogP contribution in [0.1, 0.15) is 33.3 Å². The fraction of sp³-hybridized carbons (Fsp3) is 0.429. The molecule has 1 N–H and O–H groups in total. The number of hydrogen-bond donors (Lipinski definition) is 1. The molecule has 1 atom stereocenters. The lowest BCUT2D eigenvalue weighted by atomic mass is 9.93. The third-order valence-electron chi connectivity index (χ3n) is 2.48. The number of halogens is 2. The molecule has 0 aromatic heterocycles. The molecule has 6 heteroatoms. The van der Waals surface area contributed by atoms with Crippen LogP contribution in [0.5, 0.6) is 0 Å². The smallest absolute Gasteiger partial charge is 0.408 e. The van der Waals surface area contributed by atoms with Gasteiger partial charge in [-0.1, -0.05) is 15.9 Å². The van der Waals surface area contributed by atoms with Crippen LogP contribution in [0.3, 0.4) is 0 Å². The molecule has 0 heterocycles. The van der Waals surface area contributed by atoms with Crippen LogP contribution in [0.2, 0.25) is 0 Å². The van der Waals surface area contributed by atoms with Gasteiger partial charge in [0.05, 0.1) is 0 Å². The van der Waals surface area contributed by atoms with Crippen LogP contribution < -0.4 is 5.32 Å². The van der Waals surface area contributed by atoms with E-state index in [-0.39, 0.29) is 5.56 Å². The van der Waals surface area contributed by atoms with E-state index in [1.165, 1.54) is 25.1 Å². The van der Waals surface area contributed by atoms with E-state index >= 15 is 0 Å². The molecule has 0 spiro atoms. The predicted octanol–water partition coefficient (Wildman–Crippen LogP) is 3.53. The monoisotopic (exact) mass is 345 g/mol. The number of benzene rings is 1. The number of carbonyl (C=O) groups excluding carboxylic acids is 2. The molecule has 0 aliphatic heterocycles. The van der Waals surface area contributed by atoms with Crippen LogP contribution >= 0.6 is 15.9 Å². The maximum absolute atomic E-state index is 13.9. The molecular formula is C14H17BrFNO3. The summed E-state index contributed by atoms with van der Waals surface area (Å²) in [5, 5.41) is 2.39. The Morgan fingerprint density at radius 2 is 1.95 bits per heavy atom. The highest BCUT2D eigenvalue weighted by molar-refractivity contribution is 9.10. The number of carbonyl (C=O) groups is 2. The summed E-state index contributed by atoms with van der Waals surface area (Å²) in [5.74, 6) is -0.584. The molecule has 0 saturated heterocycles. The van der Waals surface area contributed by atoms with Crippen LogP contribution in [0, 0.1) is 5.82 Å². The average Bonchev–Trinajstić information content (AvgIpc) is 2.29. The Balaban J connectivity index is 3.06. The zero-order chi connectivity index (χ0) is 15.6. The minimum Gasteiger partial charge on any atom is -0.444 e. The first-order chi connectivity index (χ1) is 9.07. The van der Waals surface area contributed by atoms with Gasteiger partial charge < -0.3 is 14.8 Å². The van der Waals surface area contributed by atoms with Gasteiger partial charge in [0, 0.05) is 10.0 Å². The van der Waals surface area contributed by atoms with Gasteiger partial charge >= 0.3 is 6.09 Å². The molecule has 0 fully saturated rings.